The fourth-order valence-electron chi connectivity index (χ4n) is 2.66. The Morgan fingerprint density at radius 3 is 2.68 bits per heavy atom. The highest BCUT2D eigenvalue weighted by atomic mass is 16.7. The van der Waals surface area contributed by atoms with Gasteiger partial charge in [0.1, 0.15) is 0 Å². The van der Waals surface area contributed by atoms with Crippen LogP contribution in [0.15, 0.2) is 18.2 Å². The van der Waals surface area contributed by atoms with Crippen molar-refractivity contribution in [1.82, 2.24) is 10.2 Å². The van der Waals surface area contributed by atoms with Crippen LogP contribution in [0, 0.1) is 0 Å². The Labute approximate surface area is 115 Å². The van der Waals surface area contributed by atoms with Crippen LogP contribution in [0.25, 0.3) is 0 Å². The number of benzene rings is 1. The summed E-state index contributed by atoms with van der Waals surface area (Å²) in [4.78, 5) is 2.45. The molecular weight excluding hydrogens is 240 g/mol. The van der Waals surface area contributed by atoms with E-state index in [4.69, 9.17) is 9.47 Å². The molecule has 0 saturated carbocycles. The largest absolute Gasteiger partial charge is 0.454 e. The van der Waals surface area contributed by atoms with Crippen LogP contribution in [0.2, 0.25) is 0 Å². The summed E-state index contributed by atoms with van der Waals surface area (Å²) >= 11 is 0. The first-order valence-electron chi connectivity index (χ1n) is 6.97. The Bertz CT molecular complexity index is 423. The lowest BCUT2D eigenvalue weighted by Gasteiger charge is -2.33. The molecule has 1 aromatic rings. The summed E-state index contributed by atoms with van der Waals surface area (Å²) in [6.45, 7) is 8.03. The zero-order valence-corrected chi connectivity index (χ0v) is 12.3. The first-order chi connectivity index (χ1) is 9.15. The number of fused-ring (bicyclic) bond motifs is 1. The van der Waals surface area contributed by atoms with E-state index in [0.717, 1.165) is 24.5 Å². The molecule has 0 aliphatic carbocycles. The highest BCUT2D eigenvalue weighted by Crippen LogP contribution is 2.33. The van der Waals surface area contributed by atoms with E-state index in [1.165, 1.54) is 5.56 Å². The molecule has 1 aliphatic heterocycles. The minimum atomic E-state index is 0.339. The Kier molecular flexibility index (Phi) is 4.66. The van der Waals surface area contributed by atoms with Gasteiger partial charge >= 0.3 is 0 Å². The average molecular weight is 264 g/mol. The van der Waals surface area contributed by atoms with E-state index < -0.39 is 0 Å². The number of ether oxygens (including phenoxy) is 2. The summed E-state index contributed by atoms with van der Waals surface area (Å²) in [5.41, 5.74) is 1.29. The van der Waals surface area contributed by atoms with Crippen molar-refractivity contribution in [2.75, 3.05) is 20.4 Å². The zero-order valence-electron chi connectivity index (χ0n) is 12.3. The van der Waals surface area contributed by atoms with Crippen molar-refractivity contribution in [3.8, 4) is 11.5 Å². The lowest BCUT2D eigenvalue weighted by molar-refractivity contribution is 0.142. The van der Waals surface area contributed by atoms with Crippen molar-refractivity contribution in [2.24, 2.45) is 0 Å². The molecule has 106 valence electrons. The number of likely N-dealkylation sites (N-methyl/N-ethyl adjacent to an activating group) is 1. The van der Waals surface area contributed by atoms with E-state index in [1.54, 1.807) is 0 Å². The molecule has 19 heavy (non-hydrogen) atoms. The van der Waals surface area contributed by atoms with Crippen LogP contribution < -0.4 is 14.8 Å². The number of rotatable bonds is 6. The molecule has 2 unspecified atom stereocenters. The van der Waals surface area contributed by atoms with Crippen molar-refractivity contribution >= 4 is 0 Å². The normalized spacial score (nSPS) is 16.7. The molecule has 1 aromatic carbocycles. The van der Waals surface area contributed by atoms with Crippen LogP contribution in [-0.4, -0.2) is 37.5 Å². The molecule has 0 spiro atoms. The molecule has 4 nitrogen and oxygen atoms in total. The van der Waals surface area contributed by atoms with E-state index in [1.807, 2.05) is 13.1 Å². The molecule has 0 bridgehead atoms. The standard InChI is InChI=1S/C15H24N2O2/c1-5-17(12(3)16-4)11(2)8-13-6-7-14-15(9-13)19-10-18-14/h6-7,9,11-12,16H,5,8,10H2,1-4H3. The van der Waals surface area contributed by atoms with E-state index >= 15 is 0 Å². The van der Waals surface area contributed by atoms with E-state index in [2.05, 4.69) is 43.1 Å². The molecule has 1 N–H and O–H groups in total. The predicted molar refractivity (Wildman–Crippen MR) is 76.6 cm³/mol. The van der Waals surface area contributed by atoms with Crippen LogP contribution >= 0.6 is 0 Å². The second kappa shape index (κ2) is 6.26. The summed E-state index contributed by atoms with van der Waals surface area (Å²) in [5.74, 6) is 1.72. The highest BCUT2D eigenvalue weighted by Gasteiger charge is 2.19. The number of hydrogen-bond donors (Lipinski definition) is 1. The number of nitrogens with zero attached hydrogens (tertiary/aromatic N) is 1. The molecule has 0 aromatic heterocycles. The zero-order chi connectivity index (χ0) is 13.8. The van der Waals surface area contributed by atoms with Gasteiger partial charge in [-0.2, -0.15) is 0 Å². The van der Waals surface area contributed by atoms with Gasteiger partial charge in [-0.05, 0) is 51.6 Å². The quantitative estimate of drug-likeness (QED) is 0.799. The van der Waals surface area contributed by atoms with E-state index in [9.17, 15) is 0 Å². The van der Waals surface area contributed by atoms with Gasteiger partial charge in [0, 0.05) is 6.04 Å². The van der Waals surface area contributed by atoms with Gasteiger partial charge in [0.15, 0.2) is 11.5 Å². The lowest BCUT2D eigenvalue weighted by atomic mass is 10.0. The first kappa shape index (κ1) is 14.2. The molecule has 0 amide bonds. The fourth-order valence-corrected chi connectivity index (χ4v) is 2.66. The summed E-state index contributed by atoms with van der Waals surface area (Å²) < 4.78 is 10.8. The smallest absolute Gasteiger partial charge is 0.231 e. The first-order valence-corrected chi connectivity index (χ1v) is 6.97. The van der Waals surface area contributed by atoms with Crippen LogP contribution in [0.3, 0.4) is 0 Å². The lowest BCUT2D eigenvalue weighted by Crippen LogP contribution is -2.47. The molecule has 0 radical (unpaired) electrons. The van der Waals surface area contributed by atoms with Gasteiger partial charge in [-0.15, -0.1) is 0 Å². The Balaban J connectivity index is 2.03. The minimum Gasteiger partial charge on any atom is -0.454 e. The third-order valence-corrected chi connectivity index (χ3v) is 3.81. The number of hydrogen-bond acceptors (Lipinski definition) is 4. The van der Waals surface area contributed by atoms with E-state index in [-0.39, 0.29) is 0 Å². The third-order valence-electron chi connectivity index (χ3n) is 3.81. The maximum Gasteiger partial charge on any atom is 0.231 e. The van der Waals surface area contributed by atoms with Crippen molar-refractivity contribution in [3.05, 3.63) is 23.8 Å². The maximum absolute atomic E-state index is 5.43. The van der Waals surface area contributed by atoms with Gasteiger partial charge in [-0.3, -0.25) is 4.90 Å². The minimum absolute atomic E-state index is 0.339. The molecule has 2 rings (SSSR count). The van der Waals surface area contributed by atoms with Gasteiger partial charge in [0.05, 0.1) is 6.17 Å². The van der Waals surface area contributed by atoms with E-state index in [0.29, 0.717) is 19.0 Å². The predicted octanol–water partition coefficient (Wildman–Crippen LogP) is 2.23. The Morgan fingerprint density at radius 1 is 1.26 bits per heavy atom. The number of nitrogens with one attached hydrogen (secondary N) is 1. The van der Waals surface area contributed by atoms with Gasteiger partial charge in [0.25, 0.3) is 0 Å². The maximum atomic E-state index is 5.43. The second-order valence-corrected chi connectivity index (χ2v) is 5.04. The average Bonchev–Trinajstić information content (AvgIpc) is 2.86. The fraction of sp³-hybridized carbons (Fsp3) is 0.600. The van der Waals surface area contributed by atoms with Crippen molar-refractivity contribution in [2.45, 2.75) is 39.4 Å². The molecule has 1 heterocycles. The topological polar surface area (TPSA) is 33.7 Å². The monoisotopic (exact) mass is 264 g/mol. The molecule has 0 fully saturated rings. The summed E-state index contributed by atoms with van der Waals surface area (Å²) in [6, 6.07) is 6.70. The molecule has 2 atom stereocenters. The van der Waals surface area contributed by atoms with Crippen molar-refractivity contribution in [1.29, 1.82) is 0 Å². The van der Waals surface area contributed by atoms with Crippen LogP contribution in [0.1, 0.15) is 26.3 Å². The van der Waals surface area contributed by atoms with Gasteiger partial charge in [-0.25, -0.2) is 0 Å². The van der Waals surface area contributed by atoms with Crippen molar-refractivity contribution < 1.29 is 9.47 Å². The Hall–Kier alpha value is -1.26. The molecule has 4 heteroatoms. The van der Waals surface area contributed by atoms with Gasteiger partial charge in [-0.1, -0.05) is 13.0 Å². The van der Waals surface area contributed by atoms with Gasteiger partial charge in [0.2, 0.25) is 6.79 Å². The molecular formula is C15H24N2O2. The second-order valence-electron chi connectivity index (χ2n) is 5.04. The van der Waals surface area contributed by atoms with Crippen LogP contribution in [0.5, 0.6) is 11.5 Å². The summed E-state index contributed by atoms with van der Waals surface area (Å²) in [6.07, 6.45) is 1.39. The molecule has 1 aliphatic rings. The summed E-state index contributed by atoms with van der Waals surface area (Å²) in [7, 11) is 2.00. The molecule has 0 saturated heterocycles. The highest BCUT2D eigenvalue weighted by molar-refractivity contribution is 5.44. The summed E-state index contributed by atoms with van der Waals surface area (Å²) in [5, 5.41) is 3.31. The van der Waals surface area contributed by atoms with Crippen LogP contribution in [-0.2, 0) is 6.42 Å². The van der Waals surface area contributed by atoms with Crippen molar-refractivity contribution in [3.63, 3.8) is 0 Å². The third kappa shape index (κ3) is 3.19. The SMILES string of the molecule is CCN(C(C)Cc1ccc2c(c1)OCO2)C(C)NC. The van der Waals surface area contributed by atoms with Gasteiger partial charge < -0.3 is 14.8 Å². The Morgan fingerprint density at radius 2 is 2.00 bits per heavy atom. The van der Waals surface area contributed by atoms with Crippen LogP contribution in [0.4, 0.5) is 0 Å².